The lowest BCUT2D eigenvalue weighted by Crippen LogP contribution is -2.40. The molecule has 6 nitrogen and oxygen atoms in total. The minimum Gasteiger partial charge on any atom is -0.486 e. The highest BCUT2D eigenvalue weighted by atomic mass is 35.5. The van der Waals surface area contributed by atoms with Crippen molar-refractivity contribution in [3.05, 3.63) is 45.4 Å². The molecule has 1 heterocycles. The summed E-state index contributed by atoms with van der Waals surface area (Å²) in [6, 6.07) is 6.59. The van der Waals surface area contributed by atoms with Gasteiger partial charge in [-0.25, -0.2) is 4.98 Å². The van der Waals surface area contributed by atoms with Crippen LogP contribution >= 0.6 is 22.9 Å². The maximum atomic E-state index is 12.0. The molecule has 0 aliphatic rings. The lowest BCUT2D eigenvalue weighted by Gasteiger charge is -2.17. The van der Waals surface area contributed by atoms with E-state index in [0.717, 1.165) is 5.01 Å². The van der Waals surface area contributed by atoms with E-state index in [9.17, 15) is 9.59 Å². The highest BCUT2D eigenvalue weighted by Crippen LogP contribution is 2.18. The van der Waals surface area contributed by atoms with Crippen LogP contribution in [0.1, 0.15) is 24.5 Å². The molecule has 0 aliphatic heterocycles. The van der Waals surface area contributed by atoms with Crippen molar-refractivity contribution in [1.82, 2.24) is 10.3 Å². The van der Waals surface area contributed by atoms with Gasteiger partial charge in [-0.3, -0.25) is 9.59 Å². The number of ether oxygens (including phenoxy) is 1. The van der Waals surface area contributed by atoms with Crippen LogP contribution in [0.5, 0.6) is 5.75 Å². The number of carboxylic acids is 1. The van der Waals surface area contributed by atoms with E-state index in [0.29, 0.717) is 23.1 Å². The van der Waals surface area contributed by atoms with Crippen molar-refractivity contribution in [1.29, 1.82) is 0 Å². The first-order valence-electron chi connectivity index (χ1n) is 7.69. The van der Waals surface area contributed by atoms with E-state index in [1.165, 1.54) is 11.3 Å². The van der Waals surface area contributed by atoms with Crippen molar-refractivity contribution in [2.45, 2.75) is 32.9 Å². The standard InChI is InChI=1S/C17H19ClN2O4S/c1-10(17(22)23)11(2)19-15(21)7-13-9-25-16(20-13)8-24-14-5-3-12(18)4-6-14/h3-6,9-11H,7-8H2,1-2H3,(H,19,21)(H,22,23). The van der Waals surface area contributed by atoms with Crippen LogP contribution in [-0.4, -0.2) is 28.0 Å². The van der Waals surface area contributed by atoms with Gasteiger partial charge in [-0.1, -0.05) is 11.6 Å². The fourth-order valence-corrected chi connectivity index (χ4v) is 2.81. The first-order valence-corrected chi connectivity index (χ1v) is 8.94. The number of carbonyl (C=O) groups is 2. The Labute approximate surface area is 154 Å². The number of nitrogens with zero attached hydrogens (tertiary/aromatic N) is 1. The van der Waals surface area contributed by atoms with E-state index >= 15 is 0 Å². The number of aliphatic carboxylic acids is 1. The Balaban J connectivity index is 1.83. The maximum Gasteiger partial charge on any atom is 0.308 e. The molecule has 0 aliphatic carbocycles. The molecule has 0 saturated heterocycles. The van der Waals surface area contributed by atoms with Gasteiger partial charge < -0.3 is 15.2 Å². The molecule has 1 aromatic carbocycles. The van der Waals surface area contributed by atoms with Gasteiger partial charge in [0.05, 0.1) is 18.0 Å². The van der Waals surface area contributed by atoms with E-state index in [-0.39, 0.29) is 12.3 Å². The number of amides is 1. The molecule has 134 valence electrons. The van der Waals surface area contributed by atoms with Crippen LogP contribution in [0, 0.1) is 5.92 Å². The summed E-state index contributed by atoms with van der Waals surface area (Å²) in [5.41, 5.74) is 0.632. The van der Waals surface area contributed by atoms with Gasteiger partial charge in [-0.2, -0.15) is 0 Å². The second kappa shape index (κ2) is 8.82. The molecule has 0 radical (unpaired) electrons. The fourth-order valence-electron chi connectivity index (χ4n) is 1.98. The van der Waals surface area contributed by atoms with E-state index in [1.54, 1.807) is 43.5 Å². The molecule has 0 fully saturated rings. The summed E-state index contributed by atoms with van der Waals surface area (Å²) in [5, 5.41) is 14.8. The molecule has 2 aromatic rings. The normalized spacial score (nSPS) is 13.1. The predicted octanol–water partition coefficient (Wildman–Crippen LogP) is 3.14. The number of nitrogens with one attached hydrogen (secondary N) is 1. The summed E-state index contributed by atoms with van der Waals surface area (Å²) in [5.74, 6) is -1.16. The summed E-state index contributed by atoms with van der Waals surface area (Å²) < 4.78 is 5.61. The third kappa shape index (κ3) is 6.03. The zero-order valence-electron chi connectivity index (χ0n) is 13.9. The number of halogens is 1. The molecule has 25 heavy (non-hydrogen) atoms. The molecule has 1 amide bonds. The third-order valence-corrected chi connectivity index (χ3v) is 4.77. The van der Waals surface area contributed by atoms with Crippen molar-refractivity contribution < 1.29 is 19.4 Å². The number of benzene rings is 1. The van der Waals surface area contributed by atoms with Gasteiger partial charge in [0.2, 0.25) is 5.91 Å². The van der Waals surface area contributed by atoms with Crippen LogP contribution in [0.15, 0.2) is 29.6 Å². The number of carboxylic acid groups (broad SMARTS) is 1. The molecule has 2 N–H and O–H groups in total. The highest BCUT2D eigenvalue weighted by molar-refractivity contribution is 7.09. The summed E-state index contributed by atoms with van der Waals surface area (Å²) in [4.78, 5) is 27.3. The monoisotopic (exact) mass is 382 g/mol. The summed E-state index contributed by atoms with van der Waals surface area (Å²) in [7, 11) is 0. The average Bonchev–Trinajstić information content (AvgIpc) is 3.00. The van der Waals surface area contributed by atoms with Gasteiger partial charge >= 0.3 is 5.97 Å². The number of hydrogen-bond donors (Lipinski definition) is 2. The molecule has 8 heteroatoms. The lowest BCUT2D eigenvalue weighted by molar-refractivity contribution is -0.142. The summed E-state index contributed by atoms with van der Waals surface area (Å²) >= 11 is 7.22. The van der Waals surface area contributed by atoms with Gasteiger partial charge in [0.25, 0.3) is 0 Å². The Bertz CT molecular complexity index is 733. The van der Waals surface area contributed by atoms with Gasteiger partial charge in [0.15, 0.2) is 0 Å². The van der Waals surface area contributed by atoms with Gasteiger partial charge in [0.1, 0.15) is 17.4 Å². The average molecular weight is 383 g/mol. The number of hydrogen-bond acceptors (Lipinski definition) is 5. The van der Waals surface area contributed by atoms with E-state index < -0.39 is 17.9 Å². The zero-order valence-corrected chi connectivity index (χ0v) is 15.4. The topological polar surface area (TPSA) is 88.5 Å². The Morgan fingerprint density at radius 1 is 1.32 bits per heavy atom. The summed E-state index contributed by atoms with van der Waals surface area (Å²) in [6.45, 7) is 3.53. The van der Waals surface area contributed by atoms with Crippen LogP contribution in [-0.2, 0) is 22.6 Å². The molecular weight excluding hydrogens is 364 g/mol. The van der Waals surface area contributed by atoms with Crippen molar-refractivity contribution >= 4 is 34.8 Å². The van der Waals surface area contributed by atoms with Gasteiger partial charge in [-0.05, 0) is 38.1 Å². The van der Waals surface area contributed by atoms with Crippen molar-refractivity contribution in [2.24, 2.45) is 5.92 Å². The minimum absolute atomic E-state index is 0.105. The predicted molar refractivity (Wildman–Crippen MR) is 96.0 cm³/mol. The third-order valence-electron chi connectivity index (χ3n) is 3.65. The molecule has 2 atom stereocenters. The molecule has 0 bridgehead atoms. The minimum atomic E-state index is -0.942. The Morgan fingerprint density at radius 3 is 2.64 bits per heavy atom. The van der Waals surface area contributed by atoms with Crippen LogP contribution in [0.2, 0.25) is 5.02 Å². The molecule has 0 spiro atoms. The Hall–Kier alpha value is -2.12. The largest absolute Gasteiger partial charge is 0.486 e. The fraction of sp³-hybridized carbons (Fsp3) is 0.353. The molecule has 1 aromatic heterocycles. The first-order chi connectivity index (χ1) is 11.8. The number of aromatic nitrogens is 1. The van der Waals surface area contributed by atoms with Crippen molar-refractivity contribution in [2.75, 3.05) is 0 Å². The number of carbonyl (C=O) groups excluding carboxylic acids is 1. The van der Waals surface area contributed by atoms with Crippen LogP contribution in [0.3, 0.4) is 0 Å². The van der Waals surface area contributed by atoms with Crippen LogP contribution in [0.25, 0.3) is 0 Å². The summed E-state index contributed by atoms with van der Waals surface area (Å²) in [6.07, 6.45) is 0.105. The second-order valence-electron chi connectivity index (χ2n) is 5.64. The SMILES string of the molecule is CC(NC(=O)Cc1csc(COc2ccc(Cl)cc2)n1)C(C)C(=O)O. The second-order valence-corrected chi connectivity index (χ2v) is 7.01. The van der Waals surface area contributed by atoms with E-state index in [4.69, 9.17) is 21.4 Å². The number of rotatable bonds is 8. The van der Waals surface area contributed by atoms with Crippen molar-refractivity contribution in [3.8, 4) is 5.75 Å². The van der Waals surface area contributed by atoms with Crippen LogP contribution < -0.4 is 10.1 Å². The quantitative estimate of drug-likeness (QED) is 0.732. The van der Waals surface area contributed by atoms with Crippen molar-refractivity contribution in [3.63, 3.8) is 0 Å². The van der Waals surface area contributed by atoms with Crippen LogP contribution in [0.4, 0.5) is 0 Å². The Kier molecular flexibility index (Phi) is 6.78. The molecule has 0 saturated carbocycles. The highest BCUT2D eigenvalue weighted by Gasteiger charge is 2.21. The zero-order chi connectivity index (χ0) is 18.4. The molecular formula is C17H19ClN2O4S. The van der Waals surface area contributed by atoms with Gasteiger partial charge in [-0.15, -0.1) is 11.3 Å². The van der Waals surface area contributed by atoms with E-state index in [2.05, 4.69) is 10.3 Å². The molecule has 2 rings (SSSR count). The van der Waals surface area contributed by atoms with Gasteiger partial charge in [0, 0.05) is 16.4 Å². The lowest BCUT2D eigenvalue weighted by atomic mass is 10.0. The first kappa shape index (κ1) is 19.2. The Morgan fingerprint density at radius 2 is 2.00 bits per heavy atom. The number of thiazole rings is 1. The smallest absolute Gasteiger partial charge is 0.308 e. The van der Waals surface area contributed by atoms with E-state index in [1.807, 2.05) is 0 Å². The maximum absolute atomic E-state index is 12.0. The molecule has 2 unspecified atom stereocenters.